The average molecular weight is 360 g/mol. The van der Waals surface area contributed by atoms with Crippen LogP contribution in [0.4, 0.5) is 0 Å². The minimum absolute atomic E-state index is 0. The molecule has 0 aliphatic rings. The summed E-state index contributed by atoms with van der Waals surface area (Å²) < 4.78 is 0. The van der Waals surface area contributed by atoms with E-state index in [9.17, 15) is 19.8 Å². The summed E-state index contributed by atoms with van der Waals surface area (Å²) in [5, 5.41) is 19.7. The van der Waals surface area contributed by atoms with Crippen molar-refractivity contribution in [3.63, 3.8) is 0 Å². The topological polar surface area (TPSA) is 80.3 Å². The van der Waals surface area contributed by atoms with Crippen molar-refractivity contribution in [2.75, 3.05) is 23.0 Å². The van der Waals surface area contributed by atoms with E-state index in [-0.39, 0.29) is 31.0 Å². The third-order valence-corrected chi connectivity index (χ3v) is 3.76. The van der Waals surface area contributed by atoms with Crippen LogP contribution in [0.25, 0.3) is 0 Å². The summed E-state index contributed by atoms with van der Waals surface area (Å²) in [7, 11) is 0. The molecule has 0 rings (SSSR count). The molecule has 0 aromatic heterocycles. The van der Waals surface area contributed by atoms with E-state index in [0.717, 1.165) is 37.2 Å². The van der Waals surface area contributed by atoms with Crippen molar-refractivity contribution in [2.24, 2.45) is 0 Å². The summed E-state index contributed by atoms with van der Waals surface area (Å²) in [5.41, 5.74) is 0. The largest absolute Gasteiger partial charge is 2.00 e. The van der Waals surface area contributed by atoms with Gasteiger partial charge in [-0.2, -0.15) is 23.5 Å². The smallest absolute Gasteiger partial charge is 0.549 e. The van der Waals surface area contributed by atoms with Gasteiger partial charge in [-0.25, -0.2) is 0 Å². The van der Waals surface area contributed by atoms with Gasteiger partial charge >= 0.3 is 19.5 Å². The Morgan fingerprint density at radius 1 is 0.842 bits per heavy atom. The first-order valence-corrected chi connectivity index (χ1v) is 8.40. The maximum absolute atomic E-state index is 9.83. The van der Waals surface area contributed by atoms with Gasteiger partial charge in [-0.05, 0) is 24.3 Å². The number of hydrogen-bond donors (Lipinski definition) is 0. The molecule has 0 saturated carbocycles. The molecule has 7 heteroatoms. The number of hydrogen-bond acceptors (Lipinski definition) is 6. The van der Waals surface area contributed by atoms with E-state index in [1.165, 1.54) is 23.5 Å². The van der Waals surface area contributed by atoms with Gasteiger partial charge in [0.1, 0.15) is 0 Å². The standard InChI is InChI=1S/2C6H12O2S.Zn/c2*1-2-3-4-9-5-6(7)8;/h2*2-5H2,1H3,(H,7,8);/q;;+2/p-2. The molecule has 4 nitrogen and oxygen atoms in total. The molecule has 0 radical (unpaired) electrons. The molecule has 0 atom stereocenters. The van der Waals surface area contributed by atoms with E-state index >= 15 is 0 Å². The molecule has 19 heavy (non-hydrogen) atoms. The zero-order valence-corrected chi connectivity index (χ0v) is 16.4. The van der Waals surface area contributed by atoms with E-state index in [1.54, 1.807) is 0 Å². The minimum Gasteiger partial charge on any atom is -0.549 e. The monoisotopic (exact) mass is 358 g/mol. The fraction of sp³-hybridized carbons (Fsp3) is 0.833. The maximum Gasteiger partial charge on any atom is 2.00 e. The van der Waals surface area contributed by atoms with Gasteiger partial charge in [-0.3, -0.25) is 0 Å². The van der Waals surface area contributed by atoms with Crippen LogP contribution in [0.5, 0.6) is 0 Å². The second-order valence-electron chi connectivity index (χ2n) is 3.56. The van der Waals surface area contributed by atoms with Crippen LogP contribution in [0.2, 0.25) is 0 Å². The Bertz CT molecular complexity index is 194. The molecule has 0 fully saturated rings. The van der Waals surface area contributed by atoms with Crippen LogP contribution in [0.3, 0.4) is 0 Å². The van der Waals surface area contributed by atoms with Gasteiger partial charge in [0.15, 0.2) is 0 Å². The van der Waals surface area contributed by atoms with Crippen LogP contribution in [0, 0.1) is 0 Å². The molecular weight excluding hydrogens is 338 g/mol. The molecule has 108 valence electrons. The van der Waals surface area contributed by atoms with Crippen LogP contribution in [-0.4, -0.2) is 35.0 Å². The molecule has 0 saturated heterocycles. The second-order valence-corrected chi connectivity index (χ2v) is 5.77. The van der Waals surface area contributed by atoms with Crippen LogP contribution in [-0.2, 0) is 29.1 Å². The molecule has 0 heterocycles. The summed E-state index contributed by atoms with van der Waals surface area (Å²) in [5.74, 6) is 0.224. The van der Waals surface area contributed by atoms with Gasteiger partial charge in [-0.15, -0.1) is 0 Å². The van der Waals surface area contributed by atoms with E-state index < -0.39 is 11.9 Å². The number of carboxylic acids is 2. The van der Waals surface area contributed by atoms with Crippen LogP contribution < -0.4 is 10.2 Å². The molecule has 0 aliphatic heterocycles. The van der Waals surface area contributed by atoms with Crippen molar-refractivity contribution >= 4 is 35.5 Å². The van der Waals surface area contributed by atoms with Gasteiger partial charge in [0.25, 0.3) is 0 Å². The van der Waals surface area contributed by atoms with Gasteiger partial charge < -0.3 is 19.8 Å². The van der Waals surface area contributed by atoms with Crippen molar-refractivity contribution in [1.29, 1.82) is 0 Å². The van der Waals surface area contributed by atoms with Gasteiger partial charge in [-0.1, -0.05) is 26.7 Å². The number of carboxylic acid groups (broad SMARTS) is 2. The number of carbonyl (C=O) groups excluding carboxylic acids is 2. The first kappa shape index (κ1) is 24.3. The number of thioether (sulfide) groups is 2. The predicted octanol–water partition coefficient (Wildman–Crippen LogP) is 0.537. The summed E-state index contributed by atoms with van der Waals surface area (Å²) >= 11 is 2.85. The summed E-state index contributed by atoms with van der Waals surface area (Å²) in [4.78, 5) is 19.7. The normalized spacial score (nSPS) is 8.95. The molecule has 0 aromatic carbocycles. The number of carbonyl (C=O) groups is 2. The Morgan fingerprint density at radius 2 is 1.16 bits per heavy atom. The van der Waals surface area contributed by atoms with Crippen molar-refractivity contribution in [2.45, 2.75) is 39.5 Å². The van der Waals surface area contributed by atoms with Gasteiger partial charge in [0.2, 0.25) is 0 Å². The van der Waals surface area contributed by atoms with E-state index in [0.29, 0.717) is 0 Å². The third-order valence-electron chi connectivity index (χ3n) is 1.72. The molecule has 0 aromatic rings. The molecular formula is C12H22O4S2Zn. The van der Waals surface area contributed by atoms with Crippen molar-refractivity contribution in [1.82, 2.24) is 0 Å². The summed E-state index contributed by atoms with van der Waals surface area (Å²) in [6.07, 6.45) is 4.44. The Balaban J connectivity index is -0.000000256. The molecule has 0 bridgehead atoms. The fourth-order valence-electron chi connectivity index (χ4n) is 0.804. The van der Waals surface area contributed by atoms with E-state index in [2.05, 4.69) is 13.8 Å². The number of aliphatic carboxylic acids is 2. The van der Waals surface area contributed by atoms with Crippen molar-refractivity contribution in [3.05, 3.63) is 0 Å². The Labute approximate surface area is 137 Å². The summed E-state index contributed by atoms with van der Waals surface area (Å²) in [6, 6.07) is 0. The predicted molar refractivity (Wildman–Crippen MR) is 74.5 cm³/mol. The Hall–Kier alpha value is 0.263. The first-order valence-electron chi connectivity index (χ1n) is 6.09. The van der Waals surface area contributed by atoms with Crippen LogP contribution in [0.1, 0.15) is 39.5 Å². The zero-order valence-electron chi connectivity index (χ0n) is 11.8. The van der Waals surface area contributed by atoms with Crippen molar-refractivity contribution in [3.8, 4) is 0 Å². The molecule has 0 aliphatic carbocycles. The second kappa shape index (κ2) is 20.6. The quantitative estimate of drug-likeness (QED) is 0.418. The van der Waals surface area contributed by atoms with Crippen LogP contribution in [0.15, 0.2) is 0 Å². The zero-order chi connectivity index (χ0) is 14.2. The third kappa shape index (κ3) is 32.1. The fourth-order valence-corrected chi connectivity index (χ4v) is 2.41. The number of rotatable bonds is 10. The molecule has 0 spiro atoms. The van der Waals surface area contributed by atoms with Crippen LogP contribution >= 0.6 is 23.5 Å². The van der Waals surface area contributed by atoms with Crippen molar-refractivity contribution < 1.29 is 39.3 Å². The average Bonchev–Trinajstić information content (AvgIpc) is 2.31. The molecule has 0 N–H and O–H groups in total. The van der Waals surface area contributed by atoms with E-state index in [1.807, 2.05) is 0 Å². The molecule has 0 amide bonds. The maximum atomic E-state index is 9.83. The number of unbranched alkanes of at least 4 members (excludes halogenated alkanes) is 2. The van der Waals surface area contributed by atoms with Gasteiger partial charge in [0.05, 0.1) is 11.9 Å². The van der Waals surface area contributed by atoms with Gasteiger partial charge in [0, 0.05) is 11.5 Å². The summed E-state index contributed by atoms with van der Waals surface area (Å²) in [6.45, 7) is 4.17. The molecule has 0 unspecified atom stereocenters. The Kier molecular flexibility index (Phi) is 26.3. The van der Waals surface area contributed by atoms with E-state index in [4.69, 9.17) is 0 Å². The first-order chi connectivity index (χ1) is 8.54. The minimum atomic E-state index is -0.962. The Morgan fingerprint density at radius 3 is 1.37 bits per heavy atom. The SMILES string of the molecule is CCCCSCC(=O)[O-].CCCCSCC(=O)[O-].[Zn+2].